The molecule has 1 aromatic rings. The number of carbonyl (C=O) groups is 1. The molecule has 0 radical (unpaired) electrons. The normalized spacial score (nSPS) is 10.1. The van der Waals surface area contributed by atoms with E-state index in [4.69, 9.17) is 0 Å². The molecule has 1 amide bonds. The molecule has 2 N–H and O–H groups in total. The number of hydrogen-bond acceptors (Lipinski definition) is 3. The number of carbonyl (C=O) groups excluding carboxylic acids is 1. The van der Waals surface area contributed by atoms with Gasteiger partial charge < -0.3 is 10.6 Å². The van der Waals surface area contributed by atoms with Crippen molar-refractivity contribution in [1.29, 1.82) is 0 Å². The maximum atomic E-state index is 12.7. The molecule has 0 aliphatic carbocycles. The first-order valence-electron chi connectivity index (χ1n) is 4.73. The first-order chi connectivity index (χ1) is 7.08. The zero-order chi connectivity index (χ0) is 11.3. The minimum absolute atomic E-state index is 0.0919. The molecule has 0 saturated carbocycles. The van der Waals surface area contributed by atoms with Gasteiger partial charge >= 0.3 is 0 Å². The maximum absolute atomic E-state index is 12.7. The lowest BCUT2D eigenvalue weighted by Crippen LogP contribution is -2.34. The summed E-state index contributed by atoms with van der Waals surface area (Å²) < 4.78 is 12.7. The van der Waals surface area contributed by atoms with E-state index in [1.54, 1.807) is 6.07 Å². The fourth-order valence-electron chi connectivity index (χ4n) is 1.05. The highest BCUT2D eigenvalue weighted by atomic mass is 19.1. The van der Waals surface area contributed by atoms with Crippen molar-refractivity contribution in [3.63, 3.8) is 0 Å². The molecule has 0 spiro atoms. The Labute approximate surface area is 87.9 Å². The summed E-state index contributed by atoms with van der Waals surface area (Å²) in [5.41, 5.74) is 0. The lowest BCUT2D eigenvalue weighted by atomic mass is 10.4. The highest BCUT2D eigenvalue weighted by Crippen LogP contribution is 2.02. The zero-order valence-electron chi connectivity index (χ0n) is 8.75. The van der Waals surface area contributed by atoms with Crippen LogP contribution in [0.1, 0.15) is 13.8 Å². The molecule has 82 valence electrons. The van der Waals surface area contributed by atoms with E-state index < -0.39 is 5.95 Å². The van der Waals surface area contributed by atoms with E-state index >= 15 is 0 Å². The molecule has 1 aromatic heterocycles. The highest BCUT2D eigenvalue weighted by Gasteiger charge is 2.03. The van der Waals surface area contributed by atoms with Gasteiger partial charge in [0.05, 0.1) is 6.54 Å². The number of amides is 1. The average Bonchev–Trinajstić information content (AvgIpc) is 2.14. The van der Waals surface area contributed by atoms with E-state index in [0.717, 1.165) is 0 Å². The summed E-state index contributed by atoms with van der Waals surface area (Å²) in [5, 5.41) is 5.43. The molecule has 0 unspecified atom stereocenters. The smallest absolute Gasteiger partial charge is 0.239 e. The van der Waals surface area contributed by atoms with Crippen molar-refractivity contribution >= 4 is 11.7 Å². The minimum Gasteiger partial charge on any atom is -0.361 e. The predicted octanol–water partition coefficient (Wildman–Crippen LogP) is 1.16. The fraction of sp³-hybridized carbons (Fsp3) is 0.400. The van der Waals surface area contributed by atoms with Crippen molar-refractivity contribution in [2.45, 2.75) is 19.9 Å². The third-order valence-corrected chi connectivity index (χ3v) is 1.59. The van der Waals surface area contributed by atoms with E-state index in [1.807, 2.05) is 13.8 Å². The number of halogens is 1. The summed E-state index contributed by atoms with van der Waals surface area (Å²) in [6, 6.07) is 4.48. The molecule has 0 fully saturated rings. The van der Waals surface area contributed by atoms with Crippen LogP contribution in [-0.4, -0.2) is 23.5 Å². The van der Waals surface area contributed by atoms with Crippen LogP contribution in [0, 0.1) is 5.95 Å². The van der Waals surface area contributed by atoms with Gasteiger partial charge in [-0.3, -0.25) is 4.79 Å². The van der Waals surface area contributed by atoms with Gasteiger partial charge in [0.15, 0.2) is 0 Å². The van der Waals surface area contributed by atoms with Crippen molar-refractivity contribution in [2.75, 3.05) is 11.9 Å². The van der Waals surface area contributed by atoms with Gasteiger partial charge in [-0.05, 0) is 26.0 Å². The Kier molecular flexibility index (Phi) is 4.03. The molecule has 15 heavy (non-hydrogen) atoms. The Balaban J connectivity index is 2.40. The Hall–Kier alpha value is -1.65. The molecule has 0 aliphatic rings. The lowest BCUT2D eigenvalue weighted by molar-refractivity contribution is -0.119. The van der Waals surface area contributed by atoms with Crippen molar-refractivity contribution in [3.8, 4) is 0 Å². The van der Waals surface area contributed by atoms with Gasteiger partial charge in [-0.25, -0.2) is 4.98 Å². The number of hydrogen-bond donors (Lipinski definition) is 2. The van der Waals surface area contributed by atoms with Gasteiger partial charge in [0.2, 0.25) is 11.9 Å². The molecular formula is C10H14FN3O. The van der Waals surface area contributed by atoms with Gasteiger partial charge in [0, 0.05) is 6.04 Å². The summed E-state index contributed by atoms with van der Waals surface area (Å²) in [6.07, 6.45) is 0. The number of anilines is 1. The number of nitrogens with one attached hydrogen (secondary N) is 2. The second-order valence-corrected chi connectivity index (χ2v) is 3.42. The highest BCUT2D eigenvalue weighted by molar-refractivity contribution is 5.80. The van der Waals surface area contributed by atoms with Gasteiger partial charge in [-0.1, -0.05) is 6.07 Å². The van der Waals surface area contributed by atoms with E-state index in [9.17, 15) is 9.18 Å². The number of pyridine rings is 1. The van der Waals surface area contributed by atoms with E-state index in [2.05, 4.69) is 15.6 Å². The van der Waals surface area contributed by atoms with Crippen LogP contribution in [0.4, 0.5) is 10.2 Å². The van der Waals surface area contributed by atoms with Gasteiger partial charge in [-0.2, -0.15) is 4.39 Å². The molecule has 0 atom stereocenters. The summed E-state index contributed by atoms with van der Waals surface area (Å²) in [4.78, 5) is 14.8. The van der Waals surface area contributed by atoms with Crippen LogP contribution < -0.4 is 10.6 Å². The molecule has 4 nitrogen and oxygen atoms in total. The summed E-state index contributed by atoms with van der Waals surface area (Å²) in [7, 11) is 0. The molecule has 0 saturated heterocycles. The van der Waals surface area contributed by atoms with Crippen molar-refractivity contribution in [1.82, 2.24) is 10.3 Å². The van der Waals surface area contributed by atoms with Crippen LogP contribution >= 0.6 is 0 Å². The standard InChI is InChI=1S/C10H14FN3O/c1-7(2)13-10(15)6-12-9-5-3-4-8(11)14-9/h3-5,7H,6H2,1-2H3,(H,12,14)(H,13,15). The molecule has 0 aromatic carbocycles. The number of rotatable bonds is 4. The van der Waals surface area contributed by atoms with E-state index in [1.165, 1.54) is 12.1 Å². The molecule has 0 bridgehead atoms. The first-order valence-corrected chi connectivity index (χ1v) is 4.73. The summed E-state index contributed by atoms with van der Waals surface area (Å²) >= 11 is 0. The first kappa shape index (κ1) is 11.4. The van der Waals surface area contributed by atoms with Crippen LogP contribution in [0.2, 0.25) is 0 Å². The molecule has 1 heterocycles. The summed E-state index contributed by atoms with van der Waals surface area (Å²) in [5.74, 6) is -0.353. The zero-order valence-corrected chi connectivity index (χ0v) is 8.75. The van der Waals surface area contributed by atoms with Gasteiger partial charge in [-0.15, -0.1) is 0 Å². The SMILES string of the molecule is CC(C)NC(=O)CNc1cccc(F)n1. The predicted molar refractivity (Wildman–Crippen MR) is 56.0 cm³/mol. The van der Waals surface area contributed by atoms with Crippen LogP contribution in [0.15, 0.2) is 18.2 Å². The fourth-order valence-corrected chi connectivity index (χ4v) is 1.05. The summed E-state index contributed by atoms with van der Waals surface area (Å²) in [6.45, 7) is 3.84. The minimum atomic E-state index is -0.565. The van der Waals surface area contributed by atoms with Crippen molar-refractivity contribution < 1.29 is 9.18 Å². The second-order valence-electron chi connectivity index (χ2n) is 3.42. The lowest BCUT2D eigenvalue weighted by Gasteiger charge is -2.09. The molecule has 1 rings (SSSR count). The molecule has 5 heteroatoms. The van der Waals surface area contributed by atoms with Crippen LogP contribution in [0.25, 0.3) is 0 Å². The topological polar surface area (TPSA) is 54.0 Å². The molecular weight excluding hydrogens is 197 g/mol. The molecule has 0 aliphatic heterocycles. The van der Waals surface area contributed by atoms with E-state index in [0.29, 0.717) is 5.82 Å². The third-order valence-electron chi connectivity index (χ3n) is 1.59. The Morgan fingerprint density at radius 2 is 2.27 bits per heavy atom. The van der Waals surface area contributed by atoms with E-state index in [-0.39, 0.29) is 18.5 Å². The Morgan fingerprint density at radius 1 is 1.53 bits per heavy atom. The number of nitrogens with zero attached hydrogens (tertiary/aromatic N) is 1. The van der Waals surface area contributed by atoms with Gasteiger partial charge in [0.1, 0.15) is 5.82 Å². The third kappa shape index (κ3) is 4.39. The quantitative estimate of drug-likeness (QED) is 0.735. The van der Waals surface area contributed by atoms with Gasteiger partial charge in [0.25, 0.3) is 0 Å². The average molecular weight is 211 g/mol. The van der Waals surface area contributed by atoms with Crippen LogP contribution in [0.3, 0.4) is 0 Å². The van der Waals surface area contributed by atoms with Crippen molar-refractivity contribution in [3.05, 3.63) is 24.1 Å². The maximum Gasteiger partial charge on any atom is 0.239 e. The number of aromatic nitrogens is 1. The monoisotopic (exact) mass is 211 g/mol. The van der Waals surface area contributed by atoms with Crippen LogP contribution in [-0.2, 0) is 4.79 Å². The second kappa shape index (κ2) is 5.29. The Bertz CT molecular complexity index is 341. The van der Waals surface area contributed by atoms with Crippen LogP contribution in [0.5, 0.6) is 0 Å². The van der Waals surface area contributed by atoms with Crippen molar-refractivity contribution in [2.24, 2.45) is 0 Å². The Morgan fingerprint density at radius 3 is 2.87 bits per heavy atom. The largest absolute Gasteiger partial charge is 0.361 e.